The van der Waals surface area contributed by atoms with Gasteiger partial charge in [-0.05, 0) is 42.5 Å². The van der Waals surface area contributed by atoms with E-state index in [2.05, 4.69) is 10.3 Å². The van der Waals surface area contributed by atoms with Crippen LogP contribution in [0.25, 0.3) is 0 Å². The van der Waals surface area contributed by atoms with Gasteiger partial charge in [0.05, 0.1) is 25.8 Å². The summed E-state index contributed by atoms with van der Waals surface area (Å²) < 4.78 is 0. The first-order chi connectivity index (χ1) is 10.1. The largest absolute Gasteiger partial charge is 0.362 e. The zero-order chi connectivity index (χ0) is 15.2. The molecule has 0 atom stereocenters. The van der Waals surface area contributed by atoms with Gasteiger partial charge in [-0.15, -0.1) is 0 Å². The average Bonchev–Trinajstić information content (AvgIpc) is 2.46. The minimum atomic E-state index is 0.476. The molecule has 0 saturated heterocycles. The smallest absolute Gasteiger partial charge is 0.0645 e. The zero-order valence-corrected chi connectivity index (χ0v) is 13.7. The molecular formula is C15H10Cl4N2. The Morgan fingerprint density at radius 2 is 1.48 bits per heavy atom. The van der Waals surface area contributed by atoms with E-state index in [4.69, 9.17) is 46.4 Å². The van der Waals surface area contributed by atoms with Crippen molar-refractivity contribution in [1.82, 2.24) is 0 Å². The number of hydrogen-bond acceptors (Lipinski definition) is 2. The molecule has 0 unspecified atom stereocenters. The van der Waals surface area contributed by atoms with E-state index < -0.39 is 0 Å². The Balaban J connectivity index is 1.94. The summed E-state index contributed by atoms with van der Waals surface area (Å²) in [6.07, 6.45) is 5.13. The highest BCUT2D eigenvalue weighted by Crippen LogP contribution is 2.26. The van der Waals surface area contributed by atoms with E-state index in [1.807, 2.05) is 6.07 Å². The first-order valence-electron chi connectivity index (χ1n) is 5.92. The highest BCUT2D eigenvalue weighted by Gasteiger charge is 1.97. The Labute approximate surface area is 143 Å². The fourth-order valence-corrected chi connectivity index (χ4v) is 2.06. The summed E-state index contributed by atoms with van der Waals surface area (Å²) in [6, 6.07) is 10.5. The van der Waals surface area contributed by atoms with Gasteiger partial charge in [0.2, 0.25) is 0 Å². The van der Waals surface area contributed by atoms with Crippen molar-refractivity contribution in [2.45, 2.75) is 0 Å². The van der Waals surface area contributed by atoms with Gasteiger partial charge in [-0.25, -0.2) is 0 Å². The fourth-order valence-electron chi connectivity index (χ4n) is 1.47. The van der Waals surface area contributed by atoms with Crippen molar-refractivity contribution in [3.63, 3.8) is 0 Å². The first-order valence-corrected chi connectivity index (χ1v) is 7.43. The number of aliphatic imine (C=N–C) groups is 1. The monoisotopic (exact) mass is 358 g/mol. The van der Waals surface area contributed by atoms with Crippen molar-refractivity contribution in [2.75, 3.05) is 5.32 Å². The molecule has 0 amide bonds. The van der Waals surface area contributed by atoms with Crippen LogP contribution < -0.4 is 5.32 Å². The van der Waals surface area contributed by atoms with E-state index in [1.165, 1.54) is 0 Å². The van der Waals surface area contributed by atoms with E-state index in [1.54, 1.807) is 48.8 Å². The lowest BCUT2D eigenvalue weighted by Crippen LogP contribution is -1.87. The van der Waals surface area contributed by atoms with Gasteiger partial charge in [-0.2, -0.15) is 0 Å². The van der Waals surface area contributed by atoms with Crippen molar-refractivity contribution in [3.05, 3.63) is 68.8 Å². The molecule has 2 rings (SSSR count). The summed E-state index contributed by atoms with van der Waals surface area (Å²) in [7, 11) is 0. The molecule has 0 radical (unpaired) electrons. The third-order valence-electron chi connectivity index (χ3n) is 2.48. The summed E-state index contributed by atoms with van der Waals surface area (Å²) in [6.45, 7) is 0. The third kappa shape index (κ3) is 4.94. The first kappa shape index (κ1) is 16.2. The molecule has 0 aromatic heterocycles. The summed E-state index contributed by atoms with van der Waals surface area (Å²) >= 11 is 23.5. The van der Waals surface area contributed by atoms with E-state index in [9.17, 15) is 0 Å². The van der Waals surface area contributed by atoms with Gasteiger partial charge in [0.15, 0.2) is 0 Å². The number of halogens is 4. The lowest BCUT2D eigenvalue weighted by atomic mass is 10.3. The summed E-state index contributed by atoms with van der Waals surface area (Å²) in [5.41, 5.74) is 1.56. The van der Waals surface area contributed by atoms with E-state index in [0.717, 1.165) is 11.4 Å². The molecule has 2 aromatic carbocycles. The second kappa shape index (κ2) is 7.71. The Morgan fingerprint density at radius 1 is 0.810 bits per heavy atom. The quantitative estimate of drug-likeness (QED) is 0.608. The number of benzene rings is 2. The molecule has 6 heteroatoms. The minimum Gasteiger partial charge on any atom is -0.362 e. The molecule has 108 valence electrons. The molecule has 0 spiro atoms. The molecular weight excluding hydrogens is 350 g/mol. The molecule has 0 fully saturated rings. The van der Waals surface area contributed by atoms with Gasteiger partial charge >= 0.3 is 0 Å². The molecule has 0 aliphatic rings. The van der Waals surface area contributed by atoms with Gasteiger partial charge in [-0.3, -0.25) is 4.99 Å². The van der Waals surface area contributed by atoms with Gasteiger partial charge in [0.1, 0.15) is 0 Å². The van der Waals surface area contributed by atoms with Crippen LogP contribution in [-0.4, -0.2) is 6.21 Å². The van der Waals surface area contributed by atoms with Crippen LogP contribution in [0.2, 0.25) is 20.1 Å². The average molecular weight is 360 g/mol. The van der Waals surface area contributed by atoms with Gasteiger partial charge in [0.25, 0.3) is 0 Å². The fraction of sp³-hybridized carbons (Fsp3) is 0. The molecule has 1 N–H and O–H groups in total. The van der Waals surface area contributed by atoms with Crippen molar-refractivity contribution in [1.29, 1.82) is 0 Å². The van der Waals surface area contributed by atoms with Crippen LogP contribution in [0.3, 0.4) is 0 Å². The molecule has 0 bridgehead atoms. The highest BCUT2D eigenvalue weighted by molar-refractivity contribution is 6.42. The van der Waals surface area contributed by atoms with Crippen LogP contribution in [0, 0.1) is 0 Å². The number of rotatable bonds is 4. The Morgan fingerprint density at radius 3 is 2.14 bits per heavy atom. The topological polar surface area (TPSA) is 24.4 Å². The predicted octanol–water partition coefficient (Wildman–Crippen LogP) is 6.63. The molecule has 2 aromatic rings. The standard InChI is InChI=1S/C15H10Cl4N2/c16-12-4-2-10(8-14(12)18)20-6-1-7-21-11-3-5-13(17)15(19)9-11/h1-9,20H/b6-1+,21-7?. The van der Waals surface area contributed by atoms with E-state index in [-0.39, 0.29) is 0 Å². The normalized spacial score (nSPS) is 11.4. The van der Waals surface area contributed by atoms with Crippen LogP contribution >= 0.6 is 46.4 Å². The maximum atomic E-state index is 5.92. The molecule has 21 heavy (non-hydrogen) atoms. The predicted molar refractivity (Wildman–Crippen MR) is 93.8 cm³/mol. The van der Waals surface area contributed by atoms with Crippen LogP contribution in [-0.2, 0) is 0 Å². The van der Waals surface area contributed by atoms with Gasteiger partial charge in [0, 0.05) is 18.1 Å². The van der Waals surface area contributed by atoms with Gasteiger partial charge < -0.3 is 5.32 Å². The van der Waals surface area contributed by atoms with E-state index >= 15 is 0 Å². The summed E-state index contributed by atoms with van der Waals surface area (Å²) in [4.78, 5) is 4.23. The number of nitrogens with one attached hydrogen (secondary N) is 1. The minimum absolute atomic E-state index is 0.476. The van der Waals surface area contributed by atoms with Crippen LogP contribution in [0.4, 0.5) is 11.4 Å². The van der Waals surface area contributed by atoms with Crippen molar-refractivity contribution in [2.24, 2.45) is 4.99 Å². The number of anilines is 1. The van der Waals surface area contributed by atoms with Crippen LogP contribution in [0.15, 0.2) is 53.7 Å². The van der Waals surface area contributed by atoms with Crippen LogP contribution in [0.1, 0.15) is 0 Å². The van der Waals surface area contributed by atoms with Crippen molar-refractivity contribution >= 4 is 64.0 Å². The van der Waals surface area contributed by atoms with Gasteiger partial charge in [-0.1, -0.05) is 46.4 Å². The lowest BCUT2D eigenvalue weighted by molar-refractivity contribution is 1.53. The Kier molecular flexibility index (Phi) is 5.95. The molecule has 0 aliphatic carbocycles. The maximum absolute atomic E-state index is 5.92. The summed E-state index contributed by atoms with van der Waals surface area (Å²) in [5, 5.41) is 5.06. The van der Waals surface area contributed by atoms with E-state index in [0.29, 0.717) is 20.1 Å². The third-order valence-corrected chi connectivity index (χ3v) is 3.96. The molecule has 0 saturated carbocycles. The van der Waals surface area contributed by atoms with Crippen LogP contribution in [0.5, 0.6) is 0 Å². The molecule has 0 heterocycles. The SMILES string of the molecule is Clc1ccc(N=C/C=C/Nc2ccc(Cl)c(Cl)c2)cc1Cl. The number of allylic oxidation sites excluding steroid dienone is 1. The second-order valence-corrected chi connectivity index (χ2v) is 5.64. The molecule has 2 nitrogen and oxygen atoms in total. The van der Waals surface area contributed by atoms with Crippen molar-refractivity contribution in [3.8, 4) is 0 Å². The Hall–Kier alpha value is -1.19. The second-order valence-electron chi connectivity index (χ2n) is 4.01. The lowest BCUT2D eigenvalue weighted by Gasteiger charge is -2.01. The summed E-state index contributed by atoms with van der Waals surface area (Å²) in [5.74, 6) is 0. The highest BCUT2D eigenvalue weighted by atomic mass is 35.5. The Bertz CT molecular complexity index is 696. The molecule has 0 aliphatic heterocycles. The maximum Gasteiger partial charge on any atom is 0.0645 e. The number of nitrogens with zero attached hydrogens (tertiary/aromatic N) is 1. The van der Waals surface area contributed by atoms with Crippen molar-refractivity contribution < 1.29 is 0 Å². The number of hydrogen-bond donors (Lipinski definition) is 1. The zero-order valence-electron chi connectivity index (χ0n) is 10.7.